The van der Waals surface area contributed by atoms with Crippen molar-refractivity contribution in [2.45, 2.75) is 26.3 Å². The van der Waals surface area contributed by atoms with Gasteiger partial charge in [0.2, 0.25) is 0 Å². The van der Waals surface area contributed by atoms with Crippen molar-refractivity contribution >= 4 is 10.8 Å². The highest BCUT2D eigenvalue weighted by Crippen LogP contribution is 2.36. The van der Waals surface area contributed by atoms with E-state index in [9.17, 15) is 4.79 Å². The zero-order valence-corrected chi connectivity index (χ0v) is 15.6. The molecular weight excluding hydrogens is 330 g/mol. The Morgan fingerprint density at radius 1 is 0.704 bits per heavy atom. The van der Waals surface area contributed by atoms with Gasteiger partial charge in [-0.15, -0.1) is 0 Å². The molecule has 0 amide bonds. The fraction of sp³-hybridized carbons (Fsp3) is 0.160. The first-order valence-corrected chi connectivity index (χ1v) is 9.57. The second kappa shape index (κ2) is 7.63. The van der Waals surface area contributed by atoms with E-state index < -0.39 is 0 Å². The molecule has 4 aromatic rings. The molecule has 27 heavy (non-hydrogen) atoms. The molecule has 0 spiro atoms. The summed E-state index contributed by atoms with van der Waals surface area (Å²) in [6, 6.07) is 28.6. The van der Waals surface area contributed by atoms with Crippen LogP contribution in [0.3, 0.4) is 0 Å². The summed E-state index contributed by atoms with van der Waals surface area (Å²) in [5.74, 6) is 0. The average molecular weight is 353 g/mol. The number of fused-ring (bicyclic) bond motifs is 1. The van der Waals surface area contributed by atoms with Crippen LogP contribution in [0.1, 0.15) is 19.8 Å². The van der Waals surface area contributed by atoms with Gasteiger partial charge in [0.15, 0.2) is 0 Å². The van der Waals surface area contributed by atoms with Gasteiger partial charge in [-0.3, -0.25) is 4.79 Å². The molecule has 0 unspecified atom stereocenters. The van der Waals surface area contributed by atoms with Crippen molar-refractivity contribution in [3.8, 4) is 22.4 Å². The van der Waals surface area contributed by atoms with E-state index in [4.69, 9.17) is 0 Å². The molecule has 134 valence electrons. The van der Waals surface area contributed by atoms with Gasteiger partial charge in [-0.1, -0.05) is 92.2 Å². The lowest BCUT2D eigenvalue weighted by Gasteiger charge is -2.20. The molecule has 0 N–H and O–H groups in total. The molecule has 0 aliphatic carbocycles. The number of rotatable bonds is 5. The Bertz CT molecular complexity index is 1110. The van der Waals surface area contributed by atoms with E-state index >= 15 is 0 Å². The van der Waals surface area contributed by atoms with Crippen molar-refractivity contribution in [2.24, 2.45) is 0 Å². The van der Waals surface area contributed by atoms with Crippen molar-refractivity contribution in [3.05, 3.63) is 95.3 Å². The average Bonchev–Trinajstić information content (AvgIpc) is 2.74. The summed E-state index contributed by atoms with van der Waals surface area (Å²) in [6.45, 7) is 2.89. The fourth-order valence-corrected chi connectivity index (χ4v) is 3.72. The highest BCUT2D eigenvalue weighted by molar-refractivity contribution is 6.02. The minimum atomic E-state index is 0.0950. The maximum Gasteiger partial charge on any atom is 0.258 e. The standard InChI is InChI=1S/C25H23NO/c1-2-3-18-26-24(20-14-8-5-9-15-20)23(19-12-6-4-7-13-19)21-16-10-11-17-22(21)25(26)27/h4-17H,2-3,18H2,1H3. The Kier molecular flexibility index (Phi) is 4.88. The molecule has 1 aromatic heterocycles. The predicted octanol–water partition coefficient (Wildman–Crippen LogP) is 6.14. The minimum absolute atomic E-state index is 0.0950. The summed E-state index contributed by atoms with van der Waals surface area (Å²) >= 11 is 0. The van der Waals surface area contributed by atoms with Crippen LogP contribution in [0, 0.1) is 0 Å². The third-order valence-corrected chi connectivity index (χ3v) is 5.02. The molecule has 2 nitrogen and oxygen atoms in total. The molecular formula is C25H23NO. The van der Waals surface area contributed by atoms with Crippen LogP contribution in [0.4, 0.5) is 0 Å². The van der Waals surface area contributed by atoms with Crippen LogP contribution in [-0.4, -0.2) is 4.57 Å². The lowest BCUT2D eigenvalue weighted by Crippen LogP contribution is -2.23. The van der Waals surface area contributed by atoms with Crippen molar-refractivity contribution in [1.29, 1.82) is 0 Å². The second-order valence-electron chi connectivity index (χ2n) is 6.81. The third-order valence-electron chi connectivity index (χ3n) is 5.02. The van der Waals surface area contributed by atoms with Gasteiger partial charge in [-0.2, -0.15) is 0 Å². The summed E-state index contributed by atoms with van der Waals surface area (Å²) in [5.41, 5.74) is 4.46. The van der Waals surface area contributed by atoms with E-state index in [0.29, 0.717) is 0 Å². The highest BCUT2D eigenvalue weighted by Gasteiger charge is 2.18. The maximum atomic E-state index is 13.4. The normalized spacial score (nSPS) is 11.0. The second-order valence-corrected chi connectivity index (χ2v) is 6.81. The van der Waals surface area contributed by atoms with Crippen molar-refractivity contribution < 1.29 is 0 Å². The molecule has 0 radical (unpaired) electrons. The number of aromatic nitrogens is 1. The van der Waals surface area contributed by atoms with E-state index in [1.54, 1.807) is 0 Å². The number of nitrogens with zero attached hydrogens (tertiary/aromatic N) is 1. The fourth-order valence-electron chi connectivity index (χ4n) is 3.72. The Morgan fingerprint density at radius 3 is 1.89 bits per heavy atom. The Labute approximate surface area is 159 Å². The van der Waals surface area contributed by atoms with E-state index in [1.165, 1.54) is 0 Å². The Morgan fingerprint density at radius 2 is 1.26 bits per heavy atom. The SMILES string of the molecule is CCCCn1c(-c2ccccc2)c(-c2ccccc2)c2ccccc2c1=O. The van der Waals surface area contributed by atoms with Crippen LogP contribution in [0.2, 0.25) is 0 Å². The first-order chi connectivity index (χ1) is 13.3. The molecule has 0 aliphatic heterocycles. The molecule has 0 atom stereocenters. The molecule has 1 heterocycles. The van der Waals surface area contributed by atoms with E-state index in [-0.39, 0.29) is 5.56 Å². The molecule has 4 rings (SSSR count). The first-order valence-electron chi connectivity index (χ1n) is 9.57. The third kappa shape index (κ3) is 3.19. The highest BCUT2D eigenvalue weighted by atomic mass is 16.1. The largest absolute Gasteiger partial charge is 0.307 e. The van der Waals surface area contributed by atoms with Crippen LogP contribution in [0.25, 0.3) is 33.2 Å². The van der Waals surface area contributed by atoms with Gasteiger partial charge < -0.3 is 4.57 Å². The maximum absolute atomic E-state index is 13.4. The molecule has 0 bridgehead atoms. The predicted molar refractivity (Wildman–Crippen MR) is 114 cm³/mol. The van der Waals surface area contributed by atoms with Crippen molar-refractivity contribution in [3.63, 3.8) is 0 Å². The molecule has 2 heteroatoms. The molecule has 3 aromatic carbocycles. The number of unbranched alkanes of at least 4 members (excludes halogenated alkanes) is 1. The van der Waals surface area contributed by atoms with E-state index in [2.05, 4.69) is 49.4 Å². The summed E-state index contributed by atoms with van der Waals surface area (Å²) in [7, 11) is 0. The van der Waals surface area contributed by atoms with E-state index in [0.717, 1.165) is 52.5 Å². The van der Waals surface area contributed by atoms with Gasteiger partial charge in [0.05, 0.1) is 5.69 Å². The minimum Gasteiger partial charge on any atom is -0.307 e. The van der Waals surface area contributed by atoms with Gasteiger partial charge in [-0.05, 0) is 29.0 Å². The number of hydrogen-bond donors (Lipinski definition) is 0. The van der Waals surface area contributed by atoms with Crippen LogP contribution >= 0.6 is 0 Å². The lowest BCUT2D eigenvalue weighted by atomic mass is 9.93. The zero-order valence-electron chi connectivity index (χ0n) is 15.6. The number of pyridine rings is 1. The van der Waals surface area contributed by atoms with Gasteiger partial charge >= 0.3 is 0 Å². The van der Waals surface area contributed by atoms with Crippen molar-refractivity contribution in [1.82, 2.24) is 4.57 Å². The summed E-state index contributed by atoms with van der Waals surface area (Å²) in [6.07, 6.45) is 2.03. The Balaban J connectivity index is 2.17. The molecule has 0 aliphatic rings. The monoisotopic (exact) mass is 353 g/mol. The van der Waals surface area contributed by atoms with Crippen LogP contribution in [-0.2, 0) is 6.54 Å². The van der Waals surface area contributed by atoms with Crippen LogP contribution in [0.15, 0.2) is 89.7 Å². The molecule has 0 saturated heterocycles. The zero-order chi connectivity index (χ0) is 18.6. The van der Waals surface area contributed by atoms with Gasteiger partial charge in [0, 0.05) is 17.5 Å². The van der Waals surface area contributed by atoms with Gasteiger partial charge in [0.1, 0.15) is 0 Å². The topological polar surface area (TPSA) is 22.0 Å². The first kappa shape index (κ1) is 17.3. The van der Waals surface area contributed by atoms with Crippen LogP contribution in [0.5, 0.6) is 0 Å². The number of benzene rings is 3. The summed E-state index contributed by atoms with van der Waals surface area (Å²) < 4.78 is 1.98. The van der Waals surface area contributed by atoms with Gasteiger partial charge in [0.25, 0.3) is 5.56 Å². The lowest BCUT2D eigenvalue weighted by molar-refractivity contribution is 0.623. The Hall–Kier alpha value is -3.13. The summed E-state index contributed by atoms with van der Waals surface area (Å²) in [5, 5.41) is 1.80. The summed E-state index contributed by atoms with van der Waals surface area (Å²) in [4.78, 5) is 13.4. The van der Waals surface area contributed by atoms with Gasteiger partial charge in [-0.25, -0.2) is 0 Å². The smallest absolute Gasteiger partial charge is 0.258 e. The molecule has 0 fully saturated rings. The number of hydrogen-bond acceptors (Lipinski definition) is 1. The molecule has 0 saturated carbocycles. The van der Waals surface area contributed by atoms with Crippen LogP contribution < -0.4 is 5.56 Å². The van der Waals surface area contributed by atoms with E-state index in [1.807, 2.05) is 47.0 Å². The quantitative estimate of drug-likeness (QED) is 0.423. The van der Waals surface area contributed by atoms with Crippen molar-refractivity contribution in [2.75, 3.05) is 0 Å².